The van der Waals surface area contributed by atoms with Crippen molar-refractivity contribution in [2.45, 2.75) is 112 Å². The van der Waals surface area contributed by atoms with Crippen LogP contribution >= 0.6 is 15.6 Å². The molecule has 7 nitrogen and oxygen atoms in total. The monoisotopic (exact) mass is 524 g/mol. The summed E-state index contributed by atoms with van der Waals surface area (Å²) in [6.07, 6.45) is 17.0. The fourth-order valence-corrected chi connectivity index (χ4v) is 5.48. The first-order valence-electron chi connectivity index (χ1n) is 12.7. The summed E-state index contributed by atoms with van der Waals surface area (Å²) < 4.78 is 30.4. The molecule has 0 aliphatic rings. The molecule has 0 radical (unpaired) electrons. The van der Waals surface area contributed by atoms with Gasteiger partial charge in [0.15, 0.2) is 0 Å². The Morgan fingerprint density at radius 3 is 1.82 bits per heavy atom. The lowest BCUT2D eigenvalue weighted by molar-refractivity contribution is 0.170. The standard InChI is InChI=1S/C25H50O7P2/c1-21(2)11-7-12-22(3)13-8-14-23(4)15-9-16-24(5)17-10-18-25(6)19-20-31-34(29,30)32-33(26,27)28/h11,17,22-23,25H,7-10,12-16,18-20H2,1-6H3,(H,29,30)(H2,26,27,28)/b24-17-/t22?,23?,25-/m1/s1. The van der Waals surface area contributed by atoms with Gasteiger partial charge in [-0.3, -0.25) is 4.52 Å². The van der Waals surface area contributed by atoms with Crippen LogP contribution in [0.2, 0.25) is 0 Å². The van der Waals surface area contributed by atoms with Gasteiger partial charge in [0, 0.05) is 0 Å². The Hall–Kier alpha value is -0.260. The molecule has 0 saturated heterocycles. The molecule has 3 unspecified atom stereocenters. The minimum atomic E-state index is -5.06. The molecule has 0 aliphatic heterocycles. The molecule has 0 aromatic heterocycles. The summed E-state index contributed by atoms with van der Waals surface area (Å²) in [5, 5.41) is 0. The predicted octanol–water partition coefficient (Wildman–Crippen LogP) is 8.32. The number of phosphoric ester groups is 1. The van der Waals surface area contributed by atoms with Crippen LogP contribution in [-0.4, -0.2) is 21.3 Å². The van der Waals surface area contributed by atoms with E-state index in [0.717, 1.165) is 31.1 Å². The average Bonchev–Trinajstić information content (AvgIpc) is 2.65. The topological polar surface area (TPSA) is 113 Å². The van der Waals surface area contributed by atoms with Crippen LogP contribution in [0, 0.1) is 17.8 Å². The minimum absolute atomic E-state index is 0.0935. The third-order valence-electron chi connectivity index (χ3n) is 6.10. The van der Waals surface area contributed by atoms with Crippen molar-refractivity contribution in [2.24, 2.45) is 17.8 Å². The van der Waals surface area contributed by atoms with Gasteiger partial charge in [-0.2, -0.15) is 4.31 Å². The van der Waals surface area contributed by atoms with E-state index in [1.807, 2.05) is 6.92 Å². The molecule has 0 heterocycles. The zero-order valence-corrected chi connectivity index (χ0v) is 24.0. The molecule has 34 heavy (non-hydrogen) atoms. The molecule has 0 rings (SSSR count). The number of allylic oxidation sites excluding steroid dienone is 4. The van der Waals surface area contributed by atoms with E-state index in [0.29, 0.717) is 6.42 Å². The van der Waals surface area contributed by atoms with Crippen molar-refractivity contribution in [1.82, 2.24) is 0 Å². The number of phosphoric acid groups is 2. The van der Waals surface area contributed by atoms with Crippen molar-refractivity contribution >= 4 is 15.6 Å². The third-order valence-corrected chi connectivity index (χ3v) is 8.29. The number of hydrogen-bond donors (Lipinski definition) is 3. The summed E-state index contributed by atoms with van der Waals surface area (Å²) >= 11 is 0. The second-order valence-corrected chi connectivity index (χ2v) is 13.1. The predicted molar refractivity (Wildman–Crippen MR) is 140 cm³/mol. The van der Waals surface area contributed by atoms with Gasteiger partial charge in [0.1, 0.15) is 0 Å². The fraction of sp³-hybridized carbons (Fsp3) is 0.840. The van der Waals surface area contributed by atoms with E-state index < -0.39 is 15.6 Å². The lowest BCUT2D eigenvalue weighted by Gasteiger charge is -2.15. The first-order valence-corrected chi connectivity index (χ1v) is 15.8. The third kappa shape index (κ3) is 22.2. The molecule has 0 amide bonds. The van der Waals surface area contributed by atoms with Crippen LogP contribution < -0.4 is 0 Å². The highest BCUT2D eigenvalue weighted by molar-refractivity contribution is 7.60. The van der Waals surface area contributed by atoms with Crippen LogP contribution in [0.1, 0.15) is 112 Å². The summed E-state index contributed by atoms with van der Waals surface area (Å²) in [6, 6.07) is 0. The Kier molecular flexibility index (Phi) is 17.9. The lowest BCUT2D eigenvalue weighted by atomic mass is 9.92. The molecule has 0 aromatic rings. The smallest absolute Gasteiger partial charge is 0.302 e. The molecule has 3 N–H and O–H groups in total. The minimum Gasteiger partial charge on any atom is -0.302 e. The van der Waals surface area contributed by atoms with E-state index in [4.69, 9.17) is 9.79 Å². The van der Waals surface area contributed by atoms with E-state index >= 15 is 0 Å². The summed E-state index contributed by atoms with van der Waals surface area (Å²) in [5.41, 5.74) is 2.82. The average molecular weight is 525 g/mol. The molecular weight excluding hydrogens is 474 g/mol. The molecule has 202 valence electrons. The first kappa shape index (κ1) is 33.7. The first-order chi connectivity index (χ1) is 15.7. The summed E-state index contributed by atoms with van der Waals surface area (Å²) in [4.78, 5) is 26.4. The number of hydrogen-bond acceptors (Lipinski definition) is 4. The molecule has 9 heteroatoms. The van der Waals surface area contributed by atoms with Crippen LogP contribution in [0.15, 0.2) is 23.3 Å². The molecule has 0 aromatic carbocycles. The second-order valence-electron chi connectivity index (χ2n) is 10.3. The highest BCUT2D eigenvalue weighted by Gasteiger charge is 2.32. The van der Waals surface area contributed by atoms with Gasteiger partial charge in [0.2, 0.25) is 0 Å². The maximum absolute atomic E-state index is 11.4. The molecule has 0 aliphatic carbocycles. The zero-order valence-electron chi connectivity index (χ0n) is 22.2. The normalized spacial score (nSPS) is 17.1. The molecular formula is C25H50O7P2. The highest BCUT2D eigenvalue weighted by Crippen LogP contribution is 2.57. The van der Waals surface area contributed by atoms with E-state index in [2.05, 4.69) is 55.6 Å². The Balaban J connectivity index is 3.91. The number of rotatable bonds is 20. The van der Waals surface area contributed by atoms with Gasteiger partial charge < -0.3 is 14.7 Å². The van der Waals surface area contributed by atoms with E-state index in [1.165, 1.54) is 56.1 Å². The van der Waals surface area contributed by atoms with Crippen molar-refractivity contribution in [1.29, 1.82) is 0 Å². The fourth-order valence-electron chi connectivity index (χ4n) is 3.88. The van der Waals surface area contributed by atoms with Gasteiger partial charge in [-0.05, 0) is 83.5 Å². The summed E-state index contributed by atoms with van der Waals surface area (Å²) in [6.45, 7) is 13.2. The van der Waals surface area contributed by atoms with Crippen LogP contribution in [0.5, 0.6) is 0 Å². The molecule has 0 fully saturated rings. The van der Waals surface area contributed by atoms with Crippen molar-refractivity contribution in [3.05, 3.63) is 23.3 Å². The van der Waals surface area contributed by atoms with E-state index in [9.17, 15) is 14.0 Å². The Bertz CT molecular complexity index is 695. The Labute approximate surface area is 208 Å². The molecule has 0 spiro atoms. The largest absolute Gasteiger partial charge is 0.481 e. The second kappa shape index (κ2) is 18.1. The van der Waals surface area contributed by atoms with Gasteiger partial charge in [-0.1, -0.05) is 69.8 Å². The summed E-state index contributed by atoms with van der Waals surface area (Å²) in [5.74, 6) is 1.83. The lowest BCUT2D eigenvalue weighted by Crippen LogP contribution is -2.02. The van der Waals surface area contributed by atoms with Crippen molar-refractivity contribution in [3.8, 4) is 0 Å². The van der Waals surface area contributed by atoms with E-state index in [1.54, 1.807) is 0 Å². The van der Waals surface area contributed by atoms with Crippen molar-refractivity contribution in [2.75, 3.05) is 6.61 Å². The Morgan fingerprint density at radius 1 is 0.765 bits per heavy atom. The van der Waals surface area contributed by atoms with Gasteiger partial charge >= 0.3 is 15.6 Å². The van der Waals surface area contributed by atoms with Gasteiger partial charge in [-0.15, -0.1) is 0 Å². The van der Waals surface area contributed by atoms with Crippen LogP contribution in [0.3, 0.4) is 0 Å². The van der Waals surface area contributed by atoms with Crippen LogP contribution in [0.25, 0.3) is 0 Å². The van der Waals surface area contributed by atoms with Crippen LogP contribution in [-0.2, 0) is 18.0 Å². The maximum atomic E-state index is 11.4. The zero-order chi connectivity index (χ0) is 26.2. The highest BCUT2D eigenvalue weighted by atomic mass is 31.3. The van der Waals surface area contributed by atoms with Crippen LogP contribution in [0.4, 0.5) is 0 Å². The maximum Gasteiger partial charge on any atom is 0.481 e. The molecule has 0 saturated carbocycles. The SMILES string of the molecule is CC(C)=CCCC(C)CCCC(C)CCC/C(C)=C\CC[C@@H](C)CCOP(=O)(O)OP(=O)(O)O. The van der Waals surface area contributed by atoms with Gasteiger partial charge in [-0.25, -0.2) is 9.13 Å². The van der Waals surface area contributed by atoms with E-state index in [-0.39, 0.29) is 12.5 Å². The quantitative estimate of drug-likeness (QED) is 0.108. The Morgan fingerprint density at radius 2 is 1.26 bits per heavy atom. The van der Waals surface area contributed by atoms with Gasteiger partial charge in [0.25, 0.3) is 0 Å². The van der Waals surface area contributed by atoms with Crippen molar-refractivity contribution in [3.63, 3.8) is 0 Å². The molecule has 4 atom stereocenters. The summed E-state index contributed by atoms with van der Waals surface area (Å²) in [7, 11) is -9.79. The van der Waals surface area contributed by atoms with Crippen molar-refractivity contribution < 1.29 is 32.6 Å². The van der Waals surface area contributed by atoms with Gasteiger partial charge in [0.05, 0.1) is 6.61 Å². The molecule has 0 bridgehead atoms.